The van der Waals surface area contributed by atoms with Gasteiger partial charge in [-0.25, -0.2) is 4.98 Å². The number of aryl methyl sites for hydroxylation is 2. The third-order valence-corrected chi connectivity index (χ3v) is 5.89. The van der Waals surface area contributed by atoms with Crippen molar-refractivity contribution in [2.45, 2.75) is 6.92 Å². The molecule has 3 aromatic heterocycles. The number of carbonyl (C=O) groups is 1. The summed E-state index contributed by atoms with van der Waals surface area (Å²) in [6, 6.07) is 11.4. The van der Waals surface area contributed by atoms with E-state index >= 15 is 0 Å². The molecule has 0 spiro atoms. The summed E-state index contributed by atoms with van der Waals surface area (Å²) >= 11 is 0. The van der Waals surface area contributed by atoms with Crippen molar-refractivity contribution in [3.63, 3.8) is 0 Å². The minimum atomic E-state index is -0.229. The SMILES string of the molecule is Cc1cc(C(=O)Nc2cc3cc(-c4cnn(C)c4)ccc3nn2)cc(N2CCN(C)CC2)n1. The summed E-state index contributed by atoms with van der Waals surface area (Å²) in [5, 5.41) is 16.5. The highest BCUT2D eigenvalue weighted by Gasteiger charge is 2.18. The Bertz CT molecular complexity index is 1320. The monoisotopic (exact) mass is 442 g/mol. The Labute approximate surface area is 192 Å². The first kappa shape index (κ1) is 21.0. The van der Waals surface area contributed by atoms with Gasteiger partial charge in [0.2, 0.25) is 0 Å². The number of pyridine rings is 1. The van der Waals surface area contributed by atoms with Crippen LogP contribution in [-0.2, 0) is 7.05 Å². The lowest BCUT2D eigenvalue weighted by molar-refractivity contribution is 0.102. The van der Waals surface area contributed by atoms with Gasteiger partial charge in [0.25, 0.3) is 5.91 Å². The molecule has 9 heteroatoms. The summed E-state index contributed by atoms with van der Waals surface area (Å²) in [6.45, 7) is 5.65. The lowest BCUT2D eigenvalue weighted by atomic mass is 10.1. The standard InChI is InChI=1S/C24H26N8O/c1-16-10-19(13-23(26-16)32-8-6-30(2)7-9-32)24(33)27-22-12-18-11-17(4-5-21(18)28-29-22)20-14-25-31(3)15-20/h4-5,10-15H,6-9H2,1-3H3,(H,27,29,33). The van der Waals surface area contributed by atoms with Gasteiger partial charge in [0.15, 0.2) is 5.82 Å². The second-order valence-electron chi connectivity index (χ2n) is 8.51. The summed E-state index contributed by atoms with van der Waals surface area (Å²) in [6.07, 6.45) is 3.78. The van der Waals surface area contributed by atoms with Crippen molar-refractivity contribution in [1.29, 1.82) is 0 Å². The van der Waals surface area contributed by atoms with Gasteiger partial charge in [0.05, 0.1) is 11.7 Å². The van der Waals surface area contributed by atoms with Crippen LogP contribution in [0.5, 0.6) is 0 Å². The van der Waals surface area contributed by atoms with Crippen molar-refractivity contribution in [2.75, 3.05) is 43.4 Å². The van der Waals surface area contributed by atoms with E-state index < -0.39 is 0 Å². The van der Waals surface area contributed by atoms with Crippen LogP contribution in [0, 0.1) is 6.92 Å². The fourth-order valence-electron chi connectivity index (χ4n) is 4.02. The van der Waals surface area contributed by atoms with Crippen LogP contribution in [0.25, 0.3) is 22.0 Å². The maximum Gasteiger partial charge on any atom is 0.257 e. The molecule has 0 unspecified atom stereocenters. The van der Waals surface area contributed by atoms with Gasteiger partial charge < -0.3 is 15.1 Å². The number of carbonyl (C=O) groups excluding carboxylic acids is 1. The van der Waals surface area contributed by atoms with E-state index in [-0.39, 0.29) is 5.91 Å². The van der Waals surface area contributed by atoms with E-state index in [0.717, 1.165) is 59.7 Å². The Morgan fingerprint density at radius 3 is 2.55 bits per heavy atom. The maximum atomic E-state index is 13.0. The summed E-state index contributed by atoms with van der Waals surface area (Å²) in [5.74, 6) is 1.01. The molecule has 4 aromatic rings. The number of piperazine rings is 1. The highest BCUT2D eigenvalue weighted by atomic mass is 16.1. The number of aromatic nitrogens is 5. The summed E-state index contributed by atoms with van der Waals surface area (Å²) in [4.78, 5) is 22.2. The highest BCUT2D eigenvalue weighted by molar-refractivity contribution is 6.05. The zero-order valence-corrected chi connectivity index (χ0v) is 19.0. The van der Waals surface area contributed by atoms with Crippen molar-refractivity contribution in [1.82, 2.24) is 29.9 Å². The second-order valence-corrected chi connectivity index (χ2v) is 8.51. The Morgan fingerprint density at radius 1 is 0.970 bits per heavy atom. The van der Waals surface area contributed by atoms with Gasteiger partial charge >= 0.3 is 0 Å². The molecule has 0 bridgehead atoms. The number of nitrogens with one attached hydrogen (secondary N) is 1. The molecule has 1 aliphatic rings. The summed E-state index contributed by atoms with van der Waals surface area (Å²) in [5.41, 5.74) is 4.18. The highest BCUT2D eigenvalue weighted by Crippen LogP contribution is 2.24. The number of nitrogens with zero attached hydrogens (tertiary/aromatic N) is 7. The number of likely N-dealkylation sites (N-methyl/N-ethyl adjacent to an activating group) is 1. The van der Waals surface area contributed by atoms with E-state index in [1.165, 1.54) is 0 Å². The third-order valence-electron chi connectivity index (χ3n) is 5.89. The molecule has 1 saturated heterocycles. The molecule has 0 atom stereocenters. The molecular weight excluding hydrogens is 416 g/mol. The van der Waals surface area contributed by atoms with E-state index in [2.05, 4.69) is 42.4 Å². The number of benzene rings is 1. The number of hydrogen-bond donors (Lipinski definition) is 1. The number of hydrogen-bond acceptors (Lipinski definition) is 7. The van der Waals surface area contributed by atoms with Gasteiger partial charge in [-0.05, 0) is 49.9 Å². The number of amides is 1. The molecule has 1 N–H and O–H groups in total. The molecule has 0 aliphatic carbocycles. The quantitative estimate of drug-likeness (QED) is 0.520. The average molecular weight is 443 g/mol. The van der Waals surface area contributed by atoms with Crippen LogP contribution in [0.15, 0.2) is 48.8 Å². The van der Waals surface area contributed by atoms with E-state index in [0.29, 0.717) is 11.4 Å². The van der Waals surface area contributed by atoms with Crippen LogP contribution in [-0.4, -0.2) is 69.0 Å². The van der Waals surface area contributed by atoms with Gasteiger partial charge in [-0.2, -0.15) is 5.10 Å². The lowest BCUT2D eigenvalue weighted by Crippen LogP contribution is -2.44. The zero-order chi connectivity index (χ0) is 22.9. The average Bonchev–Trinajstić information content (AvgIpc) is 3.25. The van der Waals surface area contributed by atoms with Crippen LogP contribution in [0.2, 0.25) is 0 Å². The van der Waals surface area contributed by atoms with Gasteiger partial charge in [-0.1, -0.05) is 6.07 Å². The van der Waals surface area contributed by atoms with Crippen molar-refractivity contribution < 1.29 is 4.79 Å². The van der Waals surface area contributed by atoms with Crippen LogP contribution in [0.3, 0.4) is 0 Å². The van der Waals surface area contributed by atoms with Gasteiger partial charge in [0, 0.05) is 61.6 Å². The van der Waals surface area contributed by atoms with Crippen LogP contribution < -0.4 is 10.2 Å². The van der Waals surface area contributed by atoms with Crippen LogP contribution >= 0.6 is 0 Å². The van der Waals surface area contributed by atoms with E-state index in [1.807, 2.05) is 56.7 Å². The Hall–Kier alpha value is -3.85. The summed E-state index contributed by atoms with van der Waals surface area (Å²) < 4.78 is 1.77. The molecule has 0 saturated carbocycles. The number of fused-ring (bicyclic) bond motifs is 1. The van der Waals surface area contributed by atoms with Crippen molar-refractivity contribution in [3.05, 3.63) is 60.0 Å². The first-order valence-electron chi connectivity index (χ1n) is 10.9. The minimum Gasteiger partial charge on any atom is -0.354 e. The van der Waals surface area contributed by atoms with E-state index in [9.17, 15) is 4.79 Å². The van der Waals surface area contributed by atoms with Crippen molar-refractivity contribution in [3.8, 4) is 11.1 Å². The molecule has 1 aliphatic heterocycles. The molecule has 4 heterocycles. The van der Waals surface area contributed by atoms with Gasteiger partial charge in [-0.3, -0.25) is 9.48 Å². The Balaban J connectivity index is 1.38. The van der Waals surface area contributed by atoms with Crippen molar-refractivity contribution >= 4 is 28.4 Å². The zero-order valence-electron chi connectivity index (χ0n) is 19.0. The van der Waals surface area contributed by atoms with Gasteiger partial charge in [0.1, 0.15) is 5.82 Å². The molecule has 0 radical (unpaired) electrons. The molecule has 5 rings (SSSR count). The smallest absolute Gasteiger partial charge is 0.257 e. The lowest BCUT2D eigenvalue weighted by Gasteiger charge is -2.33. The fourth-order valence-corrected chi connectivity index (χ4v) is 4.02. The van der Waals surface area contributed by atoms with Gasteiger partial charge in [-0.15, -0.1) is 10.2 Å². The van der Waals surface area contributed by atoms with Crippen LogP contribution in [0.1, 0.15) is 16.1 Å². The summed E-state index contributed by atoms with van der Waals surface area (Å²) in [7, 11) is 4.00. The molecule has 9 nitrogen and oxygen atoms in total. The molecular formula is C24H26N8O. The fraction of sp³-hybridized carbons (Fsp3) is 0.292. The second kappa shape index (κ2) is 8.59. The number of rotatable bonds is 4. The molecule has 1 fully saturated rings. The molecule has 1 amide bonds. The first-order valence-corrected chi connectivity index (χ1v) is 10.9. The van der Waals surface area contributed by atoms with Crippen LogP contribution in [0.4, 0.5) is 11.6 Å². The largest absolute Gasteiger partial charge is 0.354 e. The molecule has 33 heavy (non-hydrogen) atoms. The van der Waals surface area contributed by atoms with E-state index in [4.69, 9.17) is 0 Å². The predicted octanol–water partition coefficient (Wildman–Crippen LogP) is 2.74. The number of anilines is 2. The maximum absolute atomic E-state index is 13.0. The van der Waals surface area contributed by atoms with E-state index in [1.54, 1.807) is 10.7 Å². The Morgan fingerprint density at radius 2 is 1.79 bits per heavy atom. The predicted molar refractivity (Wildman–Crippen MR) is 128 cm³/mol. The Kier molecular flexibility index (Phi) is 5.47. The normalized spacial score (nSPS) is 14.6. The minimum absolute atomic E-state index is 0.229. The topological polar surface area (TPSA) is 92.1 Å². The third kappa shape index (κ3) is 4.54. The first-order chi connectivity index (χ1) is 15.9. The molecule has 168 valence electrons. The molecule has 1 aromatic carbocycles. The van der Waals surface area contributed by atoms with Crippen molar-refractivity contribution in [2.24, 2.45) is 7.05 Å².